The Morgan fingerprint density at radius 1 is 1.20 bits per heavy atom. The smallest absolute Gasteiger partial charge is 0.342 e. The molecular formula is C17H18O6S2. The summed E-state index contributed by atoms with van der Waals surface area (Å²) < 4.78 is 21.6. The van der Waals surface area contributed by atoms with Gasteiger partial charge in [0, 0.05) is 12.3 Å². The third-order valence-electron chi connectivity index (χ3n) is 3.06. The first-order chi connectivity index (χ1) is 12.0. The molecule has 1 aromatic heterocycles. The topological polar surface area (TPSA) is 75.0 Å². The summed E-state index contributed by atoms with van der Waals surface area (Å²) in [7, 11) is 0. The number of furan rings is 1. The summed E-state index contributed by atoms with van der Waals surface area (Å²) in [6, 6.07) is 4.83. The molecule has 0 bridgehead atoms. The number of rotatable bonds is 6. The Labute approximate surface area is 154 Å². The van der Waals surface area contributed by atoms with Gasteiger partial charge in [0.15, 0.2) is 0 Å². The van der Waals surface area contributed by atoms with Crippen LogP contribution in [0.3, 0.4) is 0 Å². The largest absolute Gasteiger partial charge is 0.479 e. The van der Waals surface area contributed by atoms with Crippen molar-refractivity contribution in [3.63, 3.8) is 0 Å². The summed E-state index contributed by atoms with van der Waals surface area (Å²) in [6.07, 6.45) is 0. The van der Waals surface area contributed by atoms with Crippen molar-refractivity contribution in [3.8, 4) is 5.75 Å². The zero-order valence-electron chi connectivity index (χ0n) is 14.1. The Morgan fingerprint density at radius 2 is 1.92 bits per heavy atom. The zero-order valence-corrected chi connectivity index (χ0v) is 15.8. The maximum absolute atomic E-state index is 12.4. The number of carbonyl (C=O) groups excluding carboxylic acids is 2. The number of hydrogen-bond acceptors (Lipinski definition) is 8. The van der Waals surface area contributed by atoms with Gasteiger partial charge in [-0.2, -0.15) is 0 Å². The van der Waals surface area contributed by atoms with Gasteiger partial charge in [-0.1, -0.05) is 11.8 Å². The molecule has 0 spiro atoms. The van der Waals surface area contributed by atoms with Crippen LogP contribution in [-0.2, 0) is 20.0 Å². The van der Waals surface area contributed by atoms with Crippen molar-refractivity contribution in [1.29, 1.82) is 0 Å². The van der Waals surface area contributed by atoms with Crippen LogP contribution in [0.1, 0.15) is 36.9 Å². The monoisotopic (exact) mass is 382 g/mol. The van der Waals surface area contributed by atoms with E-state index in [4.69, 9.17) is 30.8 Å². The molecule has 6 nitrogen and oxygen atoms in total. The summed E-state index contributed by atoms with van der Waals surface area (Å²) in [5, 5.41) is 0.523. The van der Waals surface area contributed by atoms with E-state index in [0.29, 0.717) is 44.8 Å². The van der Waals surface area contributed by atoms with E-state index in [2.05, 4.69) is 0 Å². The standard InChI is InChI=1S/C17H18O6S2/c1-4-20-16(19)15-12-8-11(22-10(3)18)6-7-13(12)23-14(15)9-25-17(24)21-5-2/h6-8H,4-5,9H2,1-3H3. The summed E-state index contributed by atoms with van der Waals surface area (Å²) in [6.45, 7) is 5.59. The van der Waals surface area contributed by atoms with Gasteiger partial charge in [-0.15, -0.1) is 0 Å². The maximum atomic E-state index is 12.4. The summed E-state index contributed by atoms with van der Waals surface area (Å²) in [5.41, 5.74) is 0.800. The lowest BCUT2D eigenvalue weighted by Crippen LogP contribution is -2.07. The van der Waals surface area contributed by atoms with E-state index < -0.39 is 11.9 Å². The van der Waals surface area contributed by atoms with Crippen LogP contribution in [0.2, 0.25) is 0 Å². The van der Waals surface area contributed by atoms with Gasteiger partial charge < -0.3 is 18.6 Å². The van der Waals surface area contributed by atoms with Crippen LogP contribution in [0.4, 0.5) is 0 Å². The van der Waals surface area contributed by atoms with E-state index in [1.807, 2.05) is 6.92 Å². The molecule has 0 saturated carbocycles. The Morgan fingerprint density at radius 3 is 2.56 bits per heavy atom. The van der Waals surface area contributed by atoms with Crippen molar-refractivity contribution in [1.82, 2.24) is 0 Å². The molecular weight excluding hydrogens is 364 g/mol. The number of hydrogen-bond donors (Lipinski definition) is 0. The first kappa shape index (κ1) is 19.3. The lowest BCUT2D eigenvalue weighted by atomic mass is 10.1. The molecule has 0 unspecified atom stereocenters. The van der Waals surface area contributed by atoms with Crippen LogP contribution in [0.15, 0.2) is 22.6 Å². The summed E-state index contributed by atoms with van der Waals surface area (Å²) in [5.74, 6) is 0.137. The fraction of sp³-hybridized carbons (Fsp3) is 0.353. The van der Waals surface area contributed by atoms with Gasteiger partial charge in [-0.05, 0) is 44.3 Å². The van der Waals surface area contributed by atoms with E-state index in [9.17, 15) is 9.59 Å². The maximum Gasteiger partial charge on any atom is 0.342 e. The minimum Gasteiger partial charge on any atom is -0.479 e. The number of carbonyl (C=O) groups is 2. The molecule has 25 heavy (non-hydrogen) atoms. The predicted octanol–water partition coefficient (Wildman–Crippen LogP) is 4.09. The second-order valence-corrected chi connectivity index (χ2v) is 6.42. The Kier molecular flexibility index (Phi) is 6.83. The van der Waals surface area contributed by atoms with Crippen LogP contribution in [0.25, 0.3) is 11.0 Å². The van der Waals surface area contributed by atoms with E-state index in [1.54, 1.807) is 25.1 Å². The number of benzene rings is 1. The Bertz CT molecular complexity index is 796. The molecule has 8 heteroatoms. The van der Waals surface area contributed by atoms with Crippen molar-refractivity contribution in [2.45, 2.75) is 26.5 Å². The predicted molar refractivity (Wildman–Crippen MR) is 99.0 cm³/mol. The number of thiocarbonyl (C=S) groups is 1. The third kappa shape index (κ3) is 4.96. The van der Waals surface area contributed by atoms with E-state index in [-0.39, 0.29) is 6.61 Å². The second kappa shape index (κ2) is 8.87. The Hall–Kier alpha value is -2.06. The lowest BCUT2D eigenvalue weighted by Gasteiger charge is -2.05. The molecule has 0 fully saturated rings. The van der Waals surface area contributed by atoms with Gasteiger partial charge in [0.1, 0.15) is 22.7 Å². The highest BCUT2D eigenvalue weighted by atomic mass is 32.2. The fourth-order valence-electron chi connectivity index (χ4n) is 2.17. The van der Waals surface area contributed by atoms with Crippen LogP contribution in [-0.4, -0.2) is 29.5 Å². The van der Waals surface area contributed by atoms with Crippen LogP contribution in [0, 0.1) is 0 Å². The van der Waals surface area contributed by atoms with Crippen molar-refractivity contribution in [3.05, 3.63) is 29.5 Å². The highest BCUT2D eigenvalue weighted by Crippen LogP contribution is 2.32. The minimum absolute atomic E-state index is 0.235. The highest BCUT2D eigenvalue weighted by Gasteiger charge is 2.23. The molecule has 0 aliphatic rings. The molecule has 0 N–H and O–H groups in total. The molecule has 1 aromatic carbocycles. The fourth-order valence-corrected chi connectivity index (χ4v) is 3.12. The summed E-state index contributed by atoms with van der Waals surface area (Å²) in [4.78, 5) is 23.5. The molecule has 134 valence electrons. The Balaban J connectivity index is 2.41. The zero-order chi connectivity index (χ0) is 18.4. The number of esters is 2. The van der Waals surface area contributed by atoms with E-state index >= 15 is 0 Å². The van der Waals surface area contributed by atoms with Gasteiger partial charge in [-0.25, -0.2) is 4.79 Å². The first-order valence-electron chi connectivity index (χ1n) is 7.66. The molecule has 0 atom stereocenters. The van der Waals surface area contributed by atoms with Gasteiger partial charge >= 0.3 is 11.9 Å². The van der Waals surface area contributed by atoms with Gasteiger partial charge in [0.25, 0.3) is 0 Å². The van der Waals surface area contributed by atoms with E-state index in [0.717, 1.165) is 0 Å². The van der Waals surface area contributed by atoms with Gasteiger partial charge in [-0.3, -0.25) is 4.79 Å². The average molecular weight is 382 g/mol. The highest BCUT2D eigenvalue weighted by molar-refractivity contribution is 8.22. The third-order valence-corrected chi connectivity index (χ3v) is 4.29. The quantitative estimate of drug-likeness (QED) is 0.420. The van der Waals surface area contributed by atoms with E-state index in [1.165, 1.54) is 18.7 Å². The second-order valence-electron chi connectivity index (χ2n) is 4.84. The van der Waals surface area contributed by atoms with Crippen molar-refractivity contribution < 1.29 is 28.2 Å². The lowest BCUT2D eigenvalue weighted by molar-refractivity contribution is -0.131. The van der Waals surface area contributed by atoms with Crippen LogP contribution in [0.5, 0.6) is 5.75 Å². The molecule has 1 heterocycles. The molecule has 0 aliphatic carbocycles. The number of ether oxygens (including phenoxy) is 3. The molecule has 2 rings (SSSR count). The van der Waals surface area contributed by atoms with Gasteiger partial charge in [0.05, 0.1) is 19.0 Å². The molecule has 0 amide bonds. The van der Waals surface area contributed by atoms with Crippen LogP contribution < -0.4 is 4.74 Å². The number of thioether (sulfide) groups is 1. The van der Waals surface area contributed by atoms with Crippen molar-refractivity contribution in [2.24, 2.45) is 0 Å². The van der Waals surface area contributed by atoms with Crippen LogP contribution >= 0.6 is 24.0 Å². The summed E-state index contributed by atoms with van der Waals surface area (Å²) >= 11 is 6.34. The minimum atomic E-state index is -0.501. The van der Waals surface area contributed by atoms with Crippen molar-refractivity contribution >= 4 is 51.3 Å². The molecule has 0 aliphatic heterocycles. The first-order valence-corrected chi connectivity index (χ1v) is 9.06. The molecule has 0 radical (unpaired) electrons. The SMILES string of the molecule is CCOC(=O)c1c(CSC(=S)OCC)oc2ccc(OC(C)=O)cc12. The molecule has 2 aromatic rings. The molecule has 0 saturated heterocycles. The number of fused-ring (bicyclic) bond motifs is 1. The van der Waals surface area contributed by atoms with Gasteiger partial charge in [0.2, 0.25) is 4.38 Å². The average Bonchev–Trinajstić information content (AvgIpc) is 2.90. The normalized spacial score (nSPS) is 10.5. The van der Waals surface area contributed by atoms with Crippen molar-refractivity contribution in [2.75, 3.05) is 13.2 Å².